The van der Waals surface area contributed by atoms with Crippen molar-refractivity contribution in [3.63, 3.8) is 0 Å². The molecule has 14 heteroatoms. The zero-order valence-corrected chi connectivity index (χ0v) is 19.0. The third kappa shape index (κ3) is 8.01. The van der Waals surface area contributed by atoms with E-state index in [0.717, 1.165) is 10.5 Å². The maximum absolute atomic E-state index is 12.6. The number of aryl methyl sites for hydroxylation is 1. The number of hydrogen-bond acceptors (Lipinski definition) is 6. The highest BCUT2D eigenvalue weighted by molar-refractivity contribution is 7.99. The predicted molar refractivity (Wildman–Crippen MR) is 115 cm³/mol. The summed E-state index contributed by atoms with van der Waals surface area (Å²) in [5.41, 5.74) is 7.80. The summed E-state index contributed by atoms with van der Waals surface area (Å²) in [6, 6.07) is 7.75. The van der Waals surface area contributed by atoms with Crippen LogP contribution in [-0.2, 0) is 11.3 Å². The van der Waals surface area contributed by atoms with E-state index in [4.69, 9.17) is 10.5 Å². The van der Waals surface area contributed by atoms with Gasteiger partial charge in [0.25, 0.3) is 0 Å². The van der Waals surface area contributed by atoms with Gasteiger partial charge >= 0.3 is 12.4 Å². The summed E-state index contributed by atoms with van der Waals surface area (Å²) in [6.45, 7) is 1.99. The number of halogens is 6. The molecule has 0 radical (unpaired) electrons. The van der Waals surface area contributed by atoms with E-state index in [9.17, 15) is 26.3 Å². The molecule has 0 spiro atoms. The van der Waals surface area contributed by atoms with Gasteiger partial charge in [-0.2, -0.15) is 31.3 Å². The minimum Gasteiger partial charge on any atom is -0.375 e. The summed E-state index contributed by atoms with van der Waals surface area (Å²) < 4.78 is 82.3. The van der Waals surface area contributed by atoms with E-state index >= 15 is 0 Å². The van der Waals surface area contributed by atoms with Crippen molar-refractivity contribution in [3.05, 3.63) is 36.2 Å². The van der Waals surface area contributed by atoms with E-state index in [-0.39, 0.29) is 19.1 Å². The molecule has 1 aromatic carbocycles. The molecular formula is C19H20F6N5OPS. The van der Waals surface area contributed by atoms with Crippen LogP contribution in [0.3, 0.4) is 0 Å². The molecule has 2 heterocycles. The molecule has 0 bridgehead atoms. The smallest absolute Gasteiger partial charge is 0.375 e. The number of anilines is 1. The molecule has 0 atom stereocenters. The second-order valence-electron chi connectivity index (χ2n) is 7.17. The summed E-state index contributed by atoms with van der Waals surface area (Å²) in [5.74, 6) is 0.0126. The molecule has 0 aliphatic heterocycles. The fourth-order valence-electron chi connectivity index (χ4n) is 2.90. The van der Waals surface area contributed by atoms with Crippen LogP contribution in [0.15, 0.2) is 40.5 Å². The summed E-state index contributed by atoms with van der Waals surface area (Å²) in [6.07, 6.45) is -11.5. The van der Waals surface area contributed by atoms with Gasteiger partial charge < -0.3 is 15.0 Å². The second kappa shape index (κ2) is 10.4. The Bertz CT molecular complexity index is 1060. The van der Waals surface area contributed by atoms with Crippen LogP contribution in [0.4, 0.5) is 32.3 Å². The van der Waals surface area contributed by atoms with E-state index < -0.39 is 38.9 Å². The van der Waals surface area contributed by atoms with E-state index in [0.29, 0.717) is 16.2 Å². The van der Waals surface area contributed by atoms with Gasteiger partial charge in [-0.3, -0.25) is 0 Å². The van der Waals surface area contributed by atoms with Crippen LogP contribution in [0.5, 0.6) is 0 Å². The van der Waals surface area contributed by atoms with Crippen LogP contribution in [0.25, 0.3) is 11.2 Å². The standard InChI is InChI=1S/C19H20F6N5OPS/c1-12-2-4-13(5-3-12)33-16-14-15(28-17(26)29-16)30(10-27-14)6-7-31-11-32(8-18(20,21)22)9-19(23,24)25/h2-5,10H,6-9,11H2,1H3,(H2,26,28,29). The fourth-order valence-corrected chi connectivity index (χ4v) is 5.47. The van der Waals surface area contributed by atoms with Gasteiger partial charge in [-0.25, -0.2) is 9.97 Å². The van der Waals surface area contributed by atoms with Gasteiger partial charge in [0.2, 0.25) is 5.95 Å². The van der Waals surface area contributed by atoms with Gasteiger partial charge in [0, 0.05) is 11.4 Å². The first kappa shape index (κ1) is 25.5. The third-order valence-corrected chi connectivity index (χ3v) is 7.39. The Morgan fingerprint density at radius 3 is 2.27 bits per heavy atom. The van der Waals surface area contributed by atoms with Gasteiger partial charge in [0.05, 0.1) is 31.6 Å². The highest BCUT2D eigenvalue weighted by atomic mass is 32.2. The molecule has 0 amide bonds. The number of nitrogens with two attached hydrogens (primary N) is 1. The Balaban J connectivity index is 1.66. The average Bonchev–Trinajstić information content (AvgIpc) is 3.07. The van der Waals surface area contributed by atoms with Gasteiger partial charge in [-0.05, 0) is 19.1 Å². The topological polar surface area (TPSA) is 78.9 Å². The second-order valence-corrected chi connectivity index (χ2v) is 10.5. The number of nitrogen functional groups attached to an aromatic ring is 1. The number of benzene rings is 1. The SMILES string of the molecule is Cc1ccc(Sc2nc(N)nc3c2ncn3CCOCP(CC(F)(F)F)CC(F)(F)F)cc1. The molecule has 2 N–H and O–H groups in total. The molecule has 6 nitrogen and oxygen atoms in total. The van der Waals surface area contributed by atoms with Crippen molar-refractivity contribution in [1.29, 1.82) is 0 Å². The maximum Gasteiger partial charge on any atom is 0.392 e. The molecular weight excluding hydrogens is 491 g/mol. The number of fused-ring (bicyclic) bond motifs is 1. The van der Waals surface area contributed by atoms with Crippen molar-refractivity contribution in [3.8, 4) is 0 Å². The van der Waals surface area contributed by atoms with Crippen LogP contribution in [0.1, 0.15) is 5.56 Å². The number of rotatable bonds is 9. The number of imidazole rings is 1. The van der Waals surface area contributed by atoms with Crippen LogP contribution >= 0.6 is 19.7 Å². The lowest BCUT2D eigenvalue weighted by Crippen LogP contribution is -2.22. The Labute approximate surface area is 190 Å². The summed E-state index contributed by atoms with van der Waals surface area (Å²) in [7, 11) is -2.43. The number of alkyl halides is 6. The van der Waals surface area contributed by atoms with Gasteiger partial charge in [-0.15, -0.1) is 0 Å². The van der Waals surface area contributed by atoms with E-state index in [2.05, 4.69) is 15.0 Å². The number of hydrogen-bond donors (Lipinski definition) is 1. The van der Waals surface area contributed by atoms with Crippen LogP contribution in [0, 0.1) is 6.92 Å². The number of nitrogens with zero attached hydrogens (tertiary/aromatic N) is 4. The van der Waals surface area contributed by atoms with Crippen molar-refractivity contribution >= 4 is 36.8 Å². The molecule has 0 saturated heterocycles. The van der Waals surface area contributed by atoms with Crippen molar-refractivity contribution < 1.29 is 31.1 Å². The Morgan fingerprint density at radius 2 is 1.67 bits per heavy atom. The van der Waals surface area contributed by atoms with Crippen molar-refractivity contribution in [1.82, 2.24) is 19.5 Å². The molecule has 0 aliphatic carbocycles. The molecule has 3 aromatic rings. The first-order chi connectivity index (χ1) is 15.4. The van der Waals surface area contributed by atoms with Crippen molar-refractivity contribution in [2.24, 2.45) is 0 Å². The van der Waals surface area contributed by atoms with Crippen molar-refractivity contribution in [2.75, 3.05) is 31.0 Å². The lowest BCUT2D eigenvalue weighted by atomic mass is 10.2. The van der Waals surface area contributed by atoms with Gasteiger partial charge in [0.15, 0.2) is 5.65 Å². The molecule has 0 saturated carbocycles. The molecule has 180 valence electrons. The monoisotopic (exact) mass is 511 g/mol. The molecule has 0 fully saturated rings. The number of aromatic nitrogens is 4. The van der Waals surface area contributed by atoms with E-state index in [1.165, 1.54) is 18.1 Å². The largest absolute Gasteiger partial charge is 0.392 e. The predicted octanol–water partition coefficient (Wildman–Crippen LogP) is 5.45. The first-order valence-corrected chi connectivity index (χ1v) is 12.3. The normalized spacial score (nSPS) is 12.7. The minimum absolute atomic E-state index is 0.0126. The zero-order valence-electron chi connectivity index (χ0n) is 17.3. The summed E-state index contributed by atoms with van der Waals surface area (Å²) in [4.78, 5) is 13.6. The average molecular weight is 511 g/mol. The fraction of sp³-hybridized carbons (Fsp3) is 0.421. The Kier molecular flexibility index (Phi) is 8.07. The van der Waals surface area contributed by atoms with Crippen LogP contribution < -0.4 is 5.73 Å². The first-order valence-electron chi connectivity index (χ1n) is 9.56. The van der Waals surface area contributed by atoms with E-state index in [1.54, 1.807) is 4.57 Å². The minimum atomic E-state index is -4.68. The molecule has 3 rings (SSSR count). The molecule has 2 aromatic heterocycles. The van der Waals surface area contributed by atoms with Gasteiger partial charge in [0.1, 0.15) is 10.5 Å². The molecule has 0 aliphatic rings. The van der Waals surface area contributed by atoms with E-state index in [1.807, 2.05) is 31.2 Å². The third-order valence-electron chi connectivity index (χ3n) is 4.24. The lowest BCUT2D eigenvalue weighted by Gasteiger charge is -2.20. The summed E-state index contributed by atoms with van der Waals surface area (Å²) >= 11 is 1.35. The Morgan fingerprint density at radius 1 is 1.03 bits per heavy atom. The highest BCUT2D eigenvalue weighted by Crippen LogP contribution is 2.45. The number of ether oxygens (including phenoxy) is 1. The van der Waals surface area contributed by atoms with Crippen LogP contribution in [0.2, 0.25) is 0 Å². The molecule has 33 heavy (non-hydrogen) atoms. The zero-order chi connectivity index (χ0) is 24.2. The molecule has 0 unspecified atom stereocenters. The van der Waals surface area contributed by atoms with Crippen molar-refractivity contribution in [2.45, 2.75) is 35.7 Å². The van der Waals surface area contributed by atoms with Crippen LogP contribution in [-0.4, -0.2) is 57.2 Å². The maximum atomic E-state index is 12.6. The lowest BCUT2D eigenvalue weighted by molar-refractivity contribution is -0.112. The summed E-state index contributed by atoms with van der Waals surface area (Å²) in [5, 5.41) is 0.528. The Hall–Kier alpha value is -2.11. The quantitative estimate of drug-likeness (QED) is 0.178. The van der Waals surface area contributed by atoms with Gasteiger partial charge in [-0.1, -0.05) is 37.4 Å². The highest BCUT2D eigenvalue weighted by Gasteiger charge is 2.38.